The van der Waals surface area contributed by atoms with Crippen molar-refractivity contribution >= 4 is 17.6 Å². The Morgan fingerprint density at radius 1 is 1.18 bits per heavy atom. The predicted molar refractivity (Wildman–Crippen MR) is 128 cm³/mol. The maximum absolute atomic E-state index is 13.3. The standard InChI is InChI=1S/C26H36N4O3/c1-20-7-8-24(28-19-20)30(25(32)22-6-5-17-33-22)21-9-14-29(15-10-21)16-13-26(18-23(27)31)11-3-2-4-12-26/h5-8,17,19,21H,2-4,9-16,18H2,1H3,(H2,27,31). The third-order valence-electron chi connectivity index (χ3n) is 7.44. The van der Waals surface area contributed by atoms with Gasteiger partial charge in [0.2, 0.25) is 5.91 Å². The number of rotatable bonds is 8. The van der Waals surface area contributed by atoms with Crippen molar-refractivity contribution in [3.05, 3.63) is 48.0 Å². The molecule has 2 aromatic rings. The second kappa shape index (κ2) is 10.5. The highest BCUT2D eigenvalue weighted by molar-refractivity contribution is 6.04. The Balaban J connectivity index is 1.40. The quantitative estimate of drug-likeness (QED) is 0.644. The van der Waals surface area contributed by atoms with Crippen LogP contribution >= 0.6 is 0 Å². The number of nitrogens with zero attached hydrogens (tertiary/aromatic N) is 3. The van der Waals surface area contributed by atoms with E-state index in [-0.39, 0.29) is 23.3 Å². The van der Waals surface area contributed by atoms with Crippen LogP contribution in [0.4, 0.5) is 5.82 Å². The Labute approximate surface area is 196 Å². The molecule has 1 aliphatic heterocycles. The lowest BCUT2D eigenvalue weighted by atomic mass is 9.69. The number of piperidine rings is 1. The van der Waals surface area contributed by atoms with Gasteiger partial charge in [0, 0.05) is 31.7 Å². The molecule has 0 atom stereocenters. The molecule has 0 radical (unpaired) electrons. The number of carbonyl (C=O) groups excluding carboxylic acids is 2. The van der Waals surface area contributed by atoms with Crippen molar-refractivity contribution in [2.45, 2.75) is 70.8 Å². The first-order valence-electron chi connectivity index (χ1n) is 12.3. The molecular weight excluding hydrogens is 416 g/mol. The van der Waals surface area contributed by atoms with Crippen LogP contribution in [0.1, 0.15) is 73.9 Å². The van der Waals surface area contributed by atoms with Gasteiger partial charge in [0.25, 0.3) is 5.91 Å². The number of likely N-dealkylation sites (tertiary alicyclic amines) is 1. The molecule has 2 amide bonds. The number of primary amides is 1. The zero-order valence-electron chi connectivity index (χ0n) is 19.7. The Bertz CT molecular complexity index is 912. The molecule has 2 aromatic heterocycles. The Hall–Kier alpha value is -2.67. The molecule has 1 saturated carbocycles. The van der Waals surface area contributed by atoms with E-state index in [0.29, 0.717) is 18.0 Å². The van der Waals surface area contributed by atoms with Crippen LogP contribution in [0, 0.1) is 12.3 Å². The van der Waals surface area contributed by atoms with Gasteiger partial charge in [-0.1, -0.05) is 25.3 Å². The van der Waals surface area contributed by atoms with Gasteiger partial charge < -0.3 is 15.1 Å². The van der Waals surface area contributed by atoms with Crippen molar-refractivity contribution in [1.29, 1.82) is 0 Å². The van der Waals surface area contributed by atoms with Crippen LogP contribution in [0.15, 0.2) is 41.1 Å². The van der Waals surface area contributed by atoms with Crippen LogP contribution in [0.5, 0.6) is 0 Å². The van der Waals surface area contributed by atoms with Crippen molar-refractivity contribution in [2.24, 2.45) is 11.1 Å². The summed E-state index contributed by atoms with van der Waals surface area (Å²) >= 11 is 0. The molecular formula is C26H36N4O3. The lowest BCUT2D eigenvalue weighted by Crippen LogP contribution is -2.48. The third kappa shape index (κ3) is 5.82. The summed E-state index contributed by atoms with van der Waals surface area (Å²) in [5.41, 5.74) is 6.74. The number of carbonyl (C=O) groups is 2. The zero-order chi connectivity index (χ0) is 23.3. The topological polar surface area (TPSA) is 92.7 Å². The van der Waals surface area contributed by atoms with Gasteiger partial charge in [-0.3, -0.25) is 14.5 Å². The van der Waals surface area contributed by atoms with Crippen molar-refractivity contribution in [3.63, 3.8) is 0 Å². The number of aromatic nitrogens is 1. The molecule has 4 rings (SSSR count). The molecule has 0 unspecified atom stereocenters. The minimum atomic E-state index is -0.173. The summed E-state index contributed by atoms with van der Waals surface area (Å²) in [6.07, 6.45) is 12.5. The lowest BCUT2D eigenvalue weighted by Gasteiger charge is -2.41. The molecule has 7 nitrogen and oxygen atoms in total. The van der Waals surface area contributed by atoms with Crippen molar-refractivity contribution in [2.75, 3.05) is 24.5 Å². The highest BCUT2D eigenvalue weighted by atomic mass is 16.3. The summed E-state index contributed by atoms with van der Waals surface area (Å²) in [6.45, 7) is 4.82. The van der Waals surface area contributed by atoms with E-state index in [2.05, 4.69) is 9.88 Å². The predicted octanol–water partition coefficient (Wildman–Crippen LogP) is 4.31. The molecule has 1 aliphatic carbocycles. The SMILES string of the molecule is Cc1ccc(N(C(=O)c2ccco2)C2CCN(CCC3(CC(N)=O)CCCCC3)CC2)nc1. The van der Waals surface area contributed by atoms with Gasteiger partial charge in [-0.05, 0) is 74.8 Å². The fourth-order valence-electron chi connectivity index (χ4n) is 5.56. The Morgan fingerprint density at radius 2 is 1.94 bits per heavy atom. The van der Waals surface area contributed by atoms with E-state index in [9.17, 15) is 9.59 Å². The normalized spacial score (nSPS) is 19.3. The van der Waals surface area contributed by atoms with E-state index in [0.717, 1.165) is 57.3 Å². The summed E-state index contributed by atoms with van der Waals surface area (Å²) < 4.78 is 5.41. The maximum atomic E-state index is 13.3. The molecule has 2 fully saturated rings. The molecule has 33 heavy (non-hydrogen) atoms. The molecule has 2 N–H and O–H groups in total. The van der Waals surface area contributed by atoms with Crippen LogP contribution in [-0.4, -0.2) is 47.4 Å². The average Bonchev–Trinajstić information content (AvgIpc) is 3.35. The maximum Gasteiger partial charge on any atom is 0.295 e. The average molecular weight is 453 g/mol. The van der Waals surface area contributed by atoms with E-state index in [1.807, 2.05) is 24.0 Å². The second-order valence-electron chi connectivity index (χ2n) is 9.87. The molecule has 178 valence electrons. The lowest BCUT2D eigenvalue weighted by molar-refractivity contribution is -0.121. The summed E-state index contributed by atoms with van der Waals surface area (Å²) in [5.74, 6) is 0.694. The molecule has 3 heterocycles. The molecule has 0 aromatic carbocycles. The van der Waals surface area contributed by atoms with Gasteiger partial charge in [0.1, 0.15) is 5.82 Å². The van der Waals surface area contributed by atoms with E-state index >= 15 is 0 Å². The first-order valence-corrected chi connectivity index (χ1v) is 12.3. The smallest absolute Gasteiger partial charge is 0.295 e. The van der Waals surface area contributed by atoms with Crippen molar-refractivity contribution in [3.8, 4) is 0 Å². The number of hydrogen-bond donors (Lipinski definition) is 1. The monoisotopic (exact) mass is 452 g/mol. The summed E-state index contributed by atoms with van der Waals surface area (Å²) in [5, 5.41) is 0. The van der Waals surface area contributed by atoms with Crippen molar-refractivity contribution < 1.29 is 14.0 Å². The van der Waals surface area contributed by atoms with Gasteiger partial charge >= 0.3 is 0 Å². The molecule has 1 saturated heterocycles. The van der Waals surface area contributed by atoms with Gasteiger partial charge in [-0.25, -0.2) is 4.98 Å². The first-order chi connectivity index (χ1) is 16.0. The summed E-state index contributed by atoms with van der Waals surface area (Å²) in [6, 6.07) is 7.43. The fraction of sp³-hybridized carbons (Fsp3) is 0.577. The highest BCUT2D eigenvalue weighted by Gasteiger charge is 2.35. The largest absolute Gasteiger partial charge is 0.459 e. The molecule has 7 heteroatoms. The van der Waals surface area contributed by atoms with E-state index in [1.54, 1.807) is 18.3 Å². The summed E-state index contributed by atoms with van der Waals surface area (Å²) in [4.78, 5) is 33.8. The van der Waals surface area contributed by atoms with Crippen LogP contribution in [0.25, 0.3) is 0 Å². The third-order valence-corrected chi connectivity index (χ3v) is 7.44. The highest BCUT2D eigenvalue weighted by Crippen LogP contribution is 2.42. The number of amides is 2. The van der Waals surface area contributed by atoms with Gasteiger partial charge in [0.15, 0.2) is 5.76 Å². The minimum absolute atomic E-state index is 0.0725. The van der Waals surface area contributed by atoms with Crippen LogP contribution in [0.3, 0.4) is 0 Å². The number of nitrogens with two attached hydrogens (primary N) is 1. The van der Waals surface area contributed by atoms with Gasteiger partial charge in [-0.15, -0.1) is 0 Å². The minimum Gasteiger partial charge on any atom is -0.459 e. The van der Waals surface area contributed by atoms with Crippen molar-refractivity contribution in [1.82, 2.24) is 9.88 Å². The number of anilines is 1. The van der Waals surface area contributed by atoms with E-state index < -0.39 is 0 Å². The zero-order valence-corrected chi connectivity index (χ0v) is 19.7. The van der Waals surface area contributed by atoms with Gasteiger partial charge in [-0.2, -0.15) is 0 Å². The second-order valence-corrected chi connectivity index (χ2v) is 9.87. The number of aryl methyl sites for hydroxylation is 1. The number of hydrogen-bond acceptors (Lipinski definition) is 5. The first kappa shape index (κ1) is 23.5. The fourth-order valence-corrected chi connectivity index (χ4v) is 5.56. The van der Waals surface area contributed by atoms with E-state index in [4.69, 9.17) is 10.2 Å². The Morgan fingerprint density at radius 3 is 2.55 bits per heavy atom. The number of furan rings is 1. The number of pyridine rings is 1. The van der Waals surface area contributed by atoms with Gasteiger partial charge in [0.05, 0.1) is 6.26 Å². The van der Waals surface area contributed by atoms with Crippen LogP contribution < -0.4 is 10.6 Å². The van der Waals surface area contributed by atoms with Crippen LogP contribution in [-0.2, 0) is 4.79 Å². The Kier molecular flexibility index (Phi) is 7.48. The van der Waals surface area contributed by atoms with E-state index in [1.165, 1.54) is 25.5 Å². The molecule has 0 bridgehead atoms. The molecule has 2 aliphatic rings. The summed E-state index contributed by atoms with van der Waals surface area (Å²) in [7, 11) is 0. The molecule has 0 spiro atoms. The van der Waals surface area contributed by atoms with Crippen LogP contribution in [0.2, 0.25) is 0 Å².